The SMILES string of the molecule is CC(c1ccc(-c2ccccc2)cc1)(c1cccc2ccccc12)c1c(O)ccc2ccccc12. The summed E-state index contributed by atoms with van der Waals surface area (Å²) in [5.74, 6) is 0.311. The van der Waals surface area contributed by atoms with Crippen LogP contribution in [0, 0.1) is 0 Å². The van der Waals surface area contributed by atoms with Crippen LogP contribution in [0.4, 0.5) is 0 Å². The van der Waals surface area contributed by atoms with E-state index in [0.717, 1.165) is 21.9 Å². The van der Waals surface area contributed by atoms with Gasteiger partial charge in [-0.05, 0) is 56.8 Å². The number of benzene rings is 6. The van der Waals surface area contributed by atoms with Crippen molar-refractivity contribution in [1.29, 1.82) is 0 Å². The van der Waals surface area contributed by atoms with Crippen LogP contribution in [0.5, 0.6) is 5.75 Å². The molecule has 1 heteroatoms. The molecule has 0 aliphatic heterocycles. The molecule has 6 aromatic carbocycles. The highest BCUT2D eigenvalue weighted by Gasteiger charge is 2.36. The van der Waals surface area contributed by atoms with E-state index in [0.29, 0.717) is 5.75 Å². The number of fused-ring (bicyclic) bond motifs is 2. The molecule has 0 spiro atoms. The van der Waals surface area contributed by atoms with Crippen molar-refractivity contribution in [2.24, 2.45) is 0 Å². The Balaban J connectivity index is 1.67. The number of aromatic hydroxyl groups is 1. The highest BCUT2D eigenvalue weighted by atomic mass is 16.3. The van der Waals surface area contributed by atoms with E-state index in [-0.39, 0.29) is 0 Å². The number of phenols is 1. The third kappa shape index (κ3) is 3.48. The van der Waals surface area contributed by atoms with Crippen LogP contribution in [-0.2, 0) is 5.41 Å². The molecule has 0 radical (unpaired) electrons. The molecule has 0 aliphatic rings. The van der Waals surface area contributed by atoms with Crippen LogP contribution in [0.15, 0.2) is 133 Å². The quantitative estimate of drug-likeness (QED) is 0.266. The van der Waals surface area contributed by atoms with Gasteiger partial charge >= 0.3 is 0 Å². The molecule has 0 bridgehead atoms. The fourth-order valence-electron chi connectivity index (χ4n) is 5.51. The second-order valence-corrected chi connectivity index (χ2v) is 9.28. The van der Waals surface area contributed by atoms with Crippen molar-refractivity contribution < 1.29 is 5.11 Å². The van der Waals surface area contributed by atoms with E-state index in [9.17, 15) is 5.11 Å². The Morgan fingerprint density at radius 1 is 0.486 bits per heavy atom. The Morgan fingerprint density at radius 3 is 1.80 bits per heavy atom. The fraction of sp³-hybridized carbons (Fsp3) is 0.0588. The van der Waals surface area contributed by atoms with Gasteiger partial charge in [0.25, 0.3) is 0 Å². The van der Waals surface area contributed by atoms with Gasteiger partial charge in [0.1, 0.15) is 5.75 Å². The third-order valence-electron chi connectivity index (χ3n) is 7.30. The molecule has 0 amide bonds. The monoisotopic (exact) mass is 450 g/mol. The Kier molecular flexibility index (Phi) is 5.12. The van der Waals surface area contributed by atoms with Gasteiger partial charge in [-0.25, -0.2) is 0 Å². The van der Waals surface area contributed by atoms with Gasteiger partial charge in [0, 0.05) is 11.0 Å². The largest absolute Gasteiger partial charge is 0.508 e. The number of hydrogen-bond donors (Lipinski definition) is 1. The minimum Gasteiger partial charge on any atom is -0.508 e. The second-order valence-electron chi connectivity index (χ2n) is 9.28. The van der Waals surface area contributed by atoms with Crippen molar-refractivity contribution in [1.82, 2.24) is 0 Å². The van der Waals surface area contributed by atoms with Crippen molar-refractivity contribution in [3.05, 3.63) is 150 Å². The van der Waals surface area contributed by atoms with Gasteiger partial charge in [-0.1, -0.05) is 127 Å². The number of phenolic OH excluding ortho intramolecular Hbond substituents is 1. The Bertz CT molecular complexity index is 1640. The molecule has 35 heavy (non-hydrogen) atoms. The minimum absolute atomic E-state index is 0.311. The highest BCUT2D eigenvalue weighted by molar-refractivity contribution is 5.93. The van der Waals surface area contributed by atoms with Crippen LogP contribution in [0.25, 0.3) is 32.7 Å². The van der Waals surface area contributed by atoms with E-state index in [2.05, 4.69) is 110 Å². The summed E-state index contributed by atoms with van der Waals surface area (Å²) in [6, 6.07) is 46.4. The lowest BCUT2D eigenvalue weighted by Crippen LogP contribution is -2.26. The van der Waals surface area contributed by atoms with Crippen LogP contribution in [0.2, 0.25) is 0 Å². The molecule has 0 saturated heterocycles. The summed E-state index contributed by atoms with van der Waals surface area (Å²) in [5, 5.41) is 15.9. The Labute approximate surface area is 205 Å². The predicted octanol–water partition coefficient (Wildman–Crippen LogP) is 8.72. The van der Waals surface area contributed by atoms with E-state index in [1.165, 1.54) is 27.5 Å². The number of rotatable bonds is 4. The summed E-state index contributed by atoms with van der Waals surface area (Å²) >= 11 is 0. The maximum atomic E-state index is 11.4. The standard InChI is InChI=1S/C34H26O/c1-34(31-17-9-14-26-12-5-7-15-29(26)31,33-30-16-8-6-13-27(30)20-23-32(33)35)28-21-18-25(19-22-28)24-10-3-2-4-11-24/h2-23,35H,1H3. The van der Waals surface area contributed by atoms with Crippen LogP contribution in [0.1, 0.15) is 23.6 Å². The van der Waals surface area contributed by atoms with Crippen molar-refractivity contribution in [3.8, 4) is 16.9 Å². The minimum atomic E-state index is -0.582. The van der Waals surface area contributed by atoms with E-state index < -0.39 is 5.41 Å². The molecule has 1 nitrogen and oxygen atoms in total. The van der Waals surface area contributed by atoms with Crippen molar-refractivity contribution in [2.45, 2.75) is 12.3 Å². The molecular formula is C34H26O. The summed E-state index contributed by atoms with van der Waals surface area (Å²) in [7, 11) is 0. The topological polar surface area (TPSA) is 20.2 Å². The number of hydrogen-bond acceptors (Lipinski definition) is 1. The van der Waals surface area contributed by atoms with E-state index >= 15 is 0 Å². The van der Waals surface area contributed by atoms with Gasteiger partial charge in [-0.2, -0.15) is 0 Å². The van der Waals surface area contributed by atoms with E-state index in [4.69, 9.17) is 0 Å². The summed E-state index contributed by atoms with van der Waals surface area (Å²) in [5.41, 5.74) is 5.03. The second kappa shape index (κ2) is 8.45. The van der Waals surface area contributed by atoms with Crippen LogP contribution in [0.3, 0.4) is 0 Å². The smallest absolute Gasteiger partial charge is 0.120 e. The van der Waals surface area contributed by atoms with E-state index in [1.807, 2.05) is 30.3 Å². The third-order valence-corrected chi connectivity index (χ3v) is 7.30. The molecule has 0 fully saturated rings. The molecule has 6 aromatic rings. The van der Waals surface area contributed by atoms with Crippen LogP contribution >= 0.6 is 0 Å². The maximum Gasteiger partial charge on any atom is 0.120 e. The molecule has 1 unspecified atom stereocenters. The summed E-state index contributed by atoms with van der Waals surface area (Å²) in [4.78, 5) is 0. The van der Waals surface area contributed by atoms with Gasteiger partial charge in [0.05, 0.1) is 0 Å². The van der Waals surface area contributed by atoms with Gasteiger partial charge in [-0.15, -0.1) is 0 Å². The molecule has 1 atom stereocenters. The van der Waals surface area contributed by atoms with Gasteiger partial charge < -0.3 is 5.11 Å². The first kappa shape index (κ1) is 21.2. The first-order valence-corrected chi connectivity index (χ1v) is 12.0. The van der Waals surface area contributed by atoms with Crippen LogP contribution in [-0.4, -0.2) is 5.11 Å². The zero-order valence-corrected chi connectivity index (χ0v) is 19.6. The van der Waals surface area contributed by atoms with Crippen molar-refractivity contribution in [2.75, 3.05) is 0 Å². The first-order chi connectivity index (χ1) is 17.2. The Morgan fingerprint density at radius 2 is 1.06 bits per heavy atom. The zero-order chi connectivity index (χ0) is 23.8. The van der Waals surface area contributed by atoms with E-state index in [1.54, 1.807) is 0 Å². The predicted molar refractivity (Wildman–Crippen MR) is 147 cm³/mol. The lowest BCUT2D eigenvalue weighted by atomic mass is 9.68. The molecule has 0 aromatic heterocycles. The summed E-state index contributed by atoms with van der Waals surface area (Å²) < 4.78 is 0. The van der Waals surface area contributed by atoms with Gasteiger partial charge in [-0.3, -0.25) is 0 Å². The lowest BCUT2D eigenvalue weighted by Gasteiger charge is -2.34. The fourth-order valence-corrected chi connectivity index (χ4v) is 5.51. The average molecular weight is 451 g/mol. The average Bonchev–Trinajstić information content (AvgIpc) is 2.93. The molecule has 0 saturated carbocycles. The van der Waals surface area contributed by atoms with Gasteiger partial charge in [0.2, 0.25) is 0 Å². The Hall–Kier alpha value is -4.36. The molecule has 1 N–H and O–H groups in total. The lowest BCUT2D eigenvalue weighted by molar-refractivity contribution is 0.459. The van der Waals surface area contributed by atoms with Gasteiger partial charge in [0.15, 0.2) is 0 Å². The molecule has 0 heterocycles. The molecular weight excluding hydrogens is 424 g/mol. The molecule has 168 valence electrons. The molecule has 0 aliphatic carbocycles. The summed E-state index contributed by atoms with van der Waals surface area (Å²) in [6.07, 6.45) is 0. The summed E-state index contributed by atoms with van der Waals surface area (Å²) in [6.45, 7) is 2.24. The zero-order valence-electron chi connectivity index (χ0n) is 19.6. The highest BCUT2D eigenvalue weighted by Crippen LogP contribution is 2.48. The van der Waals surface area contributed by atoms with Crippen molar-refractivity contribution in [3.63, 3.8) is 0 Å². The van der Waals surface area contributed by atoms with Crippen molar-refractivity contribution >= 4 is 21.5 Å². The maximum absolute atomic E-state index is 11.4. The first-order valence-electron chi connectivity index (χ1n) is 12.0. The van der Waals surface area contributed by atoms with Crippen LogP contribution < -0.4 is 0 Å². The normalized spacial score (nSPS) is 13.1. The molecule has 6 rings (SSSR count).